The second-order valence-corrected chi connectivity index (χ2v) is 5.65. The first kappa shape index (κ1) is 16.8. The summed E-state index contributed by atoms with van der Waals surface area (Å²) >= 11 is 0. The number of amides is 1. The van der Waals surface area contributed by atoms with Crippen LogP contribution >= 0.6 is 0 Å². The molecule has 3 aromatic rings. The van der Waals surface area contributed by atoms with Crippen LogP contribution in [-0.2, 0) is 4.79 Å². The van der Waals surface area contributed by atoms with E-state index in [1.165, 1.54) is 22.9 Å². The molecule has 0 spiro atoms. The molecule has 1 atom stereocenters. The Hall–Kier alpha value is -3.02. The maximum atomic E-state index is 13.0. The Morgan fingerprint density at radius 3 is 2.48 bits per heavy atom. The third-order valence-electron chi connectivity index (χ3n) is 3.97. The van der Waals surface area contributed by atoms with Gasteiger partial charge in [0.15, 0.2) is 0 Å². The first-order valence-corrected chi connectivity index (χ1v) is 7.84. The van der Waals surface area contributed by atoms with E-state index in [9.17, 15) is 13.6 Å². The van der Waals surface area contributed by atoms with Crippen molar-refractivity contribution in [3.63, 3.8) is 0 Å². The van der Waals surface area contributed by atoms with Crippen molar-refractivity contribution in [3.05, 3.63) is 78.1 Å². The lowest BCUT2D eigenvalue weighted by atomic mass is 10.0. The van der Waals surface area contributed by atoms with Crippen molar-refractivity contribution in [2.75, 3.05) is 5.32 Å². The van der Waals surface area contributed by atoms with Crippen molar-refractivity contribution >= 4 is 11.6 Å². The summed E-state index contributed by atoms with van der Waals surface area (Å²) in [5, 5.41) is 6.87. The van der Waals surface area contributed by atoms with Gasteiger partial charge in [0, 0.05) is 18.0 Å². The van der Waals surface area contributed by atoms with E-state index >= 15 is 0 Å². The van der Waals surface area contributed by atoms with Crippen LogP contribution in [-0.4, -0.2) is 15.7 Å². The number of carbonyl (C=O) groups excluding carboxylic acids is 1. The molecule has 1 N–H and O–H groups in total. The van der Waals surface area contributed by atoms with Gasteiger partial charge in [0.1, 0.15) is 0 Å². The predicted molar refractivity (Wildman–Crippen MR) is 92.0 cm³/mol. The van der Waals surface area contributed by atoms with E-state index in [-0.39, 0.29) is 11.5 Å². The highest BCUT2D eigenvalue weighted by atomic mass is 19.3. The molecule has 0 aliphatic carbocycles. The number of anilines is 1. The summed E-state index contributed by atoms with van der Waals surface area (Å²) in [5.41, 5.74) is 1.53. The van der Waals surface area contributed by atoms with Crippen molar-refractivity contribution in [2.24, 2.45) is 0 Å². The maximum absolute atomic E-state index is 13.0. The number of benzene rings is 2. The SMILES string of the molecule is CC(C(=O)Nc1cc(C(F)F)ccc1-n1cccn1)c1ccccc1. The molecule has 0 saturated carbocycles. The molecule has 3 rings (SSSR count). The molecule has 25 heavy (non-hydrogen) atoms. The van der Waals surface area contributed by atoms with Crippen LogP contribution in [0.25, 0.3) is 5.69 Å². The van der Waals surface area contributed by atoms with E-state index in [0.717, 1.165) is 5.56 Å². The van der Waals surface area contributed by atoms with Gasteiger partial charge >= 0.3 is 0 Å². The van der Waals surface area contributed by atoms with Gasteiger partial charge in [0.25, 0.3) is 6.43 Å². The predicted octanol–water partition coefficient (Wildman–Crippen LogP) is 4.55. The standard InChI is InChI=1S/C19H17F2N3O/c1-13(14-6-3-2-4-7-14)19(25)23-16-12-15(18(20)21)8-9-17(16)24-11-5-10-22-24/h2-13,18H,1H3,(H,23,25). The van der Waals surface area contributed by atoms with Gasteiger partial charge in [-0.05, 0) is 30.7 Å². The molecule has 128 valence electrons. The fourth-order valence-electron chi connectivity index (χ4n) is 2.53. The maximum Gasteiger partial charge on any atom is 0.263 e. The van der Waals surface area contributed by atoms with Crippen molar-refractivity contribution in [2.45, 2.75) is 19.3 Å². The van der Waals surface area contributed by atoms with Gasteiger partial charge in [-0.2, -0.15) is 5.10 Å². The molecule has 2 aromatic carbocycles. The van der Waals surface area contributed by atoms with Crippen molar-refractivity contribution in [3.8, 4) is 5.69 Å². The molecule has 6 heteroatoms. The number of nitrogens with zero attached hydrogens (tertiary/aromatic N) is 2. The zero-order chi connectivity index (χ0) is 17.8. The van der Waals surface area contributed by atoms with Crippen LogP contribution in [0.4, 0.5) is 14.5 Å². The van der Waals surface area contributed by atoms with Crippen LogP contribution < -0.4 is 5.32 Å². The zero-order valence-electron chi connectivity index (χ0n) is 13.6. The van der Waals surface area contributed by atoms with Crippen LogP contribution in [0.3, 0.4) is 0 Å². The molecule has 0 saturated heterocycles. The molecule has 1 amide bonds. The van der Waals surface area contributed by atoms with Crippen LogP contribution in [0.5, 0.6) is 0 Å². The second-order valence-electron chi connectivity index (χ2n) is 5.65. The number of aromatic nitrogens is 2. The van der Waals surface area contributed by atoms with Gasteiger partial charge in [-0.25, -0.2) is 13.5 Å². The summed E-state index contributed by atoms with van der Waals surface area (Å²) in [7, 11) is 0. The number of hydrogen-bond acceptors (Lipinski definition) is 2. The fraction of sp³-hybridized carbons (Fsp3) is 0.158. The Bertz CT molecular complexity index is 848. The molecule has 4 nitrogen and oxygen atoms in total. The van der Waals surface area contributed by atoms with E-state index in [1.807, 2.05) is 30.3 Å². The molecular weight excluding hydrogens is 324 g/mol. The third kappa shape index (κ3) is 3.74. The molecule has 0 radical (unpaired) electrons. The zero-order valence-corrected chi connectivity index (χ0v) is 13.6. The number of rotatable bonds is 5. The van der Waals surface area contributed by atoms with Crippen LogP contribution in [0.2, 0.25) is 0 Å². The third-order valence-corrected chi connectivity index (χ3v) is 3.97. The van der Waals surface area contributed by atoms with E-state index in [0.29, 0.717) is 11.4 Å². The largest absolute Gasteiger partial charge is 0.324 e. The van der Waals surface area contributed by atoms with Crippen molar-refractivity contribution in [1.82, 2.24) is 9.78 Å². The second kappa shape index (κ2) is 7.25. The molecule has 1 aromatic heterocycles. The molecule has 0 aliphatic heterocycles. The van der Waals surface area contributed by atoms with E-state index in [4.69, 9.17) is 0 Å². The lowest BCUT2D eigenvalue weighted by Crippen LogP contribution is -2.20. The molecule has 1 heterocycles. The summed E-state index contributed by atoms with van der Waals surface area (Å²) in [4.78, 5) is 12.6. The highest BCUT2D eigenvalue weighted by Gasteiger charge is 2.18. The number of hydrogen-bond donors (Lipinski definition) is 1. The summed E-state index contributed by atoms with van der Waals surface area (Å²) in [6.07, 6.45) is 0.654. The van der Waals surface area contributed by atoms with Gasteiger partial charge in [0.2, 0.25) is 5.91 Å². The topological polar surface area (TPSA) is 46.9 Å². The smallest absolute Gasteiger partial charge is 0.263 e. The molecule has 0 bridgehead atoms. The average Bonchev–Trinajstić information content (AvgIpc) is 3.16. The Kier molecular flexibility index (Phi) is 4.88. The van der Waals surface area contributed by atoms with E-state index in [2.05, 4.69) is 10.4 Å². The number of halogens is 2. The Morgan fingerprint density at radius 1 is 1.08 bits per heavy atom. The summed E-state index contributed by atoms with van der Waals surface area (Å²) in [5.74, 6) is -0.687. The lowest BCUT2D eigenvalue weighted by molar-refractivity contribution is -0.117. The summed E-state index contributed by atoms with van der Waals surface area (Å²) in [6.45, 7) is 1.77. The Morgan fingerprint density at radius 2 is 1.84 bits per heavy atom. The van der Waals surface area contributed by atoms with Gasteiger partial charge in [-0.3, -0.25) is 4.79 Å². The highest BCUT2D eigenvalue weighted by Crippen LogP contribution is 2.28. The summed E-state index contributed by atoms with van der Waals surface area (Å²) < 4.78 is 27.6. The van der Waals surface area contributed by atoms with Gasteiger partial charge < -0.3 is 5.32 Å². The number of alkyl halides is 2. The van der Waals surface area contributed by atoms with Gasteiger partial charge in [-0.15, -0.1) is 0 Å². The minimum atomic E-state index is -2.62. The molecular formula is C19H17F2N3O. The monoisotopic (exact) mass is 341 g/mol. The first-order valence-electron chi connectivity index (χ1n) is 7.84. The molecule has 0 fully saturated rings. The Balaban J connectivity index is 1.92. The minimum Gasteiger partial charge on any atom is -0.324 e. The average molecular weight is 341 g/mol. The minimum absolute atomic E-state index is 0.154. The van der Waals surface area contributed by atoms with Crippen molar-refractivity contribution in [1.29, 1.82) is 0 Å². The number of nitrogens with one attached hydrogen (secondary N) is 1. The van der Waals surface area contributed by atoms with E-state index in [1.54, 1.807) is 25.4 Å². The fourth-order valence-corrected chi connectivity index (χ4v) is 2.53. The first-order chi connectivity index (χ1) is 12.1. The number of carbonyl (C=O) groups is 1. The quantitative estimate of drug-likeness (QED) is 0.740. The lowest BCUT2D eigenvalue weighted by Gasteiger charge is -2.16. The van der Waals surface area contributed by atoms with Crippen LogP contribution in [0, 0.1) is 0 Å². The van der Waals surface area contributed by atoms with Gasteiger partial charge in [-0.1, -0.05) is 36.4 Å². The normalized spacial score (nSPS) is 12.2. The summed E-state index contributed by atoms with van der Waals surface area (Å²) in [6, 6.07) is 15.2. The van der Waals surface area contributed by atoms with Crippen molar-refractivity contribution < 1.29 is 13.6 Å². The van der Waals surface area contributed by atoms with Gasteiger partial charge in [0.05, 0.1) is 17.3 Å². The molecule has 0 aliphatic rings. The highest BCUT2D eigenvalue weighted by molar-refractivity contribution is 5.97. The van der Waals surface area contributed by atoms with E-state index < -0.39 is 12.3 Å². The van der Waals surface area contributed by atoms with Crippen LogP contribution in [0.1, 0.15) is 30.4 Å². The van der Waals surface area contributed by atoms with Crippen LogP contribution in [0.15, 0.2) is 67.0 Å². The Labute approximate surface area is 144 Å². The molecule has 1 unspecified atom stereocenters.